The number of thioether (sulfide) groups is 1. The maximum atomic E-state index is 13.3. The number of thiazole rings is 1. The lowest BCUT2D eigenvalue weighted by atomic mass is 10.2. The third kappa shape index (κ3) is 5.28. The summed E-state index contributed by atoms with van der Waals surface area (Å²) in [7, 11) is 3.17. The van der Waals surface area contributed by atoms with Gasteiger partial charge in [0.2, 0.25) is 5.91 Å². The minimum atomic E-state index is -1.00. The number of halogens is 2. The van der Waals surface area contributed by atoms with Crippen molar-refractivity contribution in [2.75, 3.05) is 19.5 Å². The Bertz CT molecular complexity index is 1040. The third-order valence-electron chi connectivity index (χ3n) is 4.22. The summed E-state index contributed by atoms with van der Waals surface area (Å²) >= 11 is 2.91. The van der Waals surface area contributed by atoms with E-state index in [1.54, 1.807) is 21.1 Å². The average Bonchev–Trinajstić information content (AvgIpc) is 3.23. The Labute approximate surface area is 181 Å². The lowest BCUT2D eigenvalue weighted by Crippen LogP contribution is -2.22. The zero-order valence-electron chi connectivity index (χ0n) is 16.6. The minimum Gasteiger partial charge on any atom is -0.493 e. The summed E-state index contributed by atoms with van der Waals surface area (Å²) in [5, 5.41) is 4.97. The maximum absolute atomic E-state index is 13.3. The molecule has 9 heteroatoms. The van der Waals surface area contributed by atoms with Crippen molar-refractivity contribution >= 4 is 34.7 Å². The second kappa shape index (κ2) is 9.90. The van der Waals surface area contributed by atoms with E-state index in [0.29, 0.717) is 17.3 Å². The van der Waals surface area contributed by atoms with Gasteiger partial charge in [0.25, 0.3) is 0 Å². The highest BCUT2D eigenvalue weighted by Crippen LogP contribution is 2.34. The SMILES string of the molecule is COc1ccc(-c2nc(CSC(C)C(=O)Nc3ccc(F)c(F)c3)cs2)cc1OC. The molecule has 0 fully saturated rings. The molecule has 0 saturated heterocycles. The third-order valence-corrected chi connectivity index (χ3v) is 6.34. The predicted octanol–water partition coefficient (Wildman–Crippen LogP) is 5.37. The van der Waals surface area contributed by atoms with Gasteiger partial charge in [-0.15, -0.1) is 23.1 Å². The van der Waals surface area contributed by atoms with Crippen LogP contribution in [0.15, 0.2) is 41.8 Å². The van der Waals surface area contributed by atoms with Crippen molar-refractivity contribution in [3.05, 3.63) is 59.1 Å². The van der Waals surface area contributed by atoms with Gasteiger partial charge in [0, 0.05) is 28.5 Å². The van der Waals surface area contributed by atoms with Gasteiger partial charge in [-0.3, -0.25) is 4.79 Å². The van der Waals surface area contributed by atoms with Crippen LogP contribution in [0.1, 0.15) is 12.6 Å². The van der Waals surface area contributed by atoms with Crippen LogP contribution in [0.25, 0.3) is 10.6 Å². The van der Waals surface area contributed by atoms with Crippen molar-refractivity contribution in [1.29, 1.82) is 0 Å². The van der Waals surface area contributed by atoms with E-state index in [9.17, 15) is 13.6 Å². The van der Waals surface area contributed by atoms with Gasteiger partial charge in [-0.1, -0.05) is 0 Å². The lowest BCUT2D eigenvalue weighted by molar-refractivity contribution is -0.115. The number of rotatable bonds is 8. The second-order valence-electron chi connectivity index (χ2n) is 6.29. The smallest absolute Gasteiger partial charge is 0.237 e. The zero-order chi connectivity index (χ0) is 21.7. The Balaban J connectivity index is 1.59. The van der Waals surface area contributed by atoms with Crippen molar-refractivity contribution in [1.82, 2.24) is 4.98 Å². The molecular weight excluding hydrogens is 430 g/mol. The number of nitrogens with one attached hydrogen (secondary N) is 1. The van der Waals surface area contributed by atoms with Crippen LogP contribution in [0.4, 0.5) is 14.5 Å². The molecule has 0 spiro atoms. The molecule has 1 N–H and O–H groups in total. The summed E-state index contributed by atoms with van der Waals surface area (Å²) in [6, 6.07) is 8.87. The summed E-state index contributed by atoms with van der Waals surface area (Å²) in [6.07, 6.45) is 0. The minimum absolute atomic E-state index is 0.218. The Hall–Kier alpha value is -2.65. The quantitative estimate of drug-likeness (QED) is 0.500. The molecule has 0 bridgehead atoms. The number of anilines is 1. The number of carbonyl (C=O) groups is 1. The van der Waals surface area contributed by atoms with E-state index < -0.39 is 16.9 Å². The van der Waals surface area contributed by atoms with E-state index in [2.05, 4.69) is 10.3 Å². The van der Waals surface area contributed by atoms with Crippen LogP contribution in [-0.2, 0) is 10.5 Å². The molecule has 0 aliphatic carbocycles. The van der Waals surface area contributed by atoms with E-state index in [1.165, 1.54) is 29.2 Å². The number of benzene rings is 2. The molecule has 3 aromatic rings. The van der Waals surface area contributed by atoms with Gasteiger partial charge in [0.15, 0.2) is 23.1 Å². The molecule has 2 aromatic carbocycles. The van der Waals surface area contributed by atoms with Gasteiger partial charge in [-0.25, -0.2) is 13.8 Å². The Kier molecular flexibility index (Phi) is 7.28. The average molecular weight is 451 g/mol. The molecule has 1 aromatic heterocycles. The van der Waals surface area contributed by atoms with Crippen LogP contribution >= 0.6 is 23.1 Å². The first-order valence-electron chi connectivity index (χ1n) is 8.95. The first-order chi connectivity index (χ1) is 14.4. The first kappa shape index (κ1) is 22.0. The molecule has 0 aliphatic heterocycles. The highest BCUT2D eigenvalue weighted by Gasteiger charge is 2.16. The van der Waals surface area contributed by atoms with Gasteiger partial charge in [0.05, 0.1) is 25.2 Å². The second-order valence-corrected chi connectivity index (χ2v) is 8.47. The molecule has 30 heavy (non-hydrogen) atoms. The molecule has 3 rings (SSSR count). The molecule has 0 radical (unpaired) electrons. The molecular formula is C21H20F2N2O3S2. The van der Waals surface area contributed by atoms with Crippen molar-refractivity contribution in [3.8, 4) is 22.1 Å². The number of aromatic nitrogens is 1. The van der Waals surface area contributed by atoms with E-state index >= 15 is 0 Å². The van der Waals surface area contributed by atoms with E-state index in [-0.39, 0.29) is 11.6 Å². The molecule has 1 amide bonds. The fourth-order valence-electron chi connectivity index (χ4n) is 2.58. The normalized spacial score (nSPS) is 11.8. The lowest BCUT2D eigenvalue weighted by Gasteiger charge is -2.11. The van der Waals surface area contributed by atoms with E-state index in [4.69, 9.17) is 9.47 Å². The number of nitrogens with zero attached hydrogens (tertiary/aromatic N) is 1. The number of hydrogen-bond acceptors (Lipinski definition) is 6. The highest BCUT2D eigenvalue weighted by molar-refractivity contribution is 7.99. The molecule has 1 unspecified atom stereocenters. The van der Waals surface area contributed by atoms with Gasteiger partial charge in [0.1, 0.15) is 5.01 Å². The summed E-state index contributed by atoms with van der Waals surface area (Å²) in [6.45, 7) is 1.75. The predicted molar refractivity (Wildman–Crippen MR) is 116 cm³/mol. The number of hydrogen-bond donors (Lipinski definition) is 1. The Morgan fingerprint density at radius 1 is 1.13 bits per heavy atom. The summed E-state index contributed by atoms with van der Waals surface area (Å²) < 4.78 is 36.9. The topological polar surface area (TPSA) is 60.5 Å². The molecule has 5 nitrogen and oxygen atoms in total. The van der Waals surface area contributed by atoms with Gasteiger partial charge >= 0.3 is 0 Å². The molecule has 1 atom stereocenters. The number of amides is 1. The van der Waals surface area contributed by atoms with Crippen LogP contribution in [0.2, 0.25) is 0 Å². The monoisotopic (exact) mass is 450 g/mol. The fraction of sp³-hybridized carbons (Fsp3) is 0.238. The number of methoxy groups -OCH3 is 2. The standard InChI is InChI=1S/C21H20F2N2O3S2/c1-12(20(26)24-14-5-6-16(22)17(23)9-14)29-10-15-11-30-21(25-15)13-4-7-18(27-2)19(8-13)28-3/h4-9,11-12H,10H2,1-3H3,(H,24,26). The van der Waals surface area contributed by atoms with Crippen molar-refractivity contribution in [2.24, 2.45) is 0 Å². The van der Waals surface area contributed by atoms with Crippen LogP contribution in [-0.4, -0.2) is 30.4 Å². The summed E-state index contributed by atoms with van der Waals surface area (Å²) in [4.78, 5) is 16.9. The summed E-state index contributed by atoms with van der Waals surface area (Å²) in [5.74, 6) is -0.433. The van der Waals surface area contributed by atoms with E-state index in [1.807, 2.05) is 23.6 Å². The number of ether oxygens (including phenoxy) is 2. The van der Waals surface area contributed by atoms with Crippen LogP contribution in [0.3, 0.4) is 0 Å². The Morgan fingerprint density at radius 3 is 2.60 bits per heavy atom. The molecule has 1 heterocycles. The van der Waals surface area contributed by atoms with Gasteiger partial charge in [-0.2, -0.15) is 0 Å². The van der Waals surface area contributed by atoms with E-state index in [0.717, 1.165) is 28.4 Å². The van der Waals surface area contributed by atoms with Crippen molar-refractivity contribution < 1.29 is 23.0 Å². The van der Waals surface area contributed by atoms with Crippen molar-refractivity contribution in [2.45, 2.75) is 17.9 Å². The van der Waals surface area contributed by atoms with Crippen LogP contribution < -0.4 is 14.8 Å². The van der Waals surface area contributed by atoms with Gasteiger partial charge in [-0.05, 0) is 37.3 Å². The van der Waals surface area contributed by atoms with Gasteiger partial charge < -0.3 is 14.8 Å². The van der Waals surface area contributed by atoms with Crippen LogP contribution in [0, 0.1) is 11.6 Å². The Morgan fingerprint density at radius 2 is 1.90 bits per heavy atom. The largest absolute Gasteiger partial charge is 0.493 e. The molecule has 158 valence electrons. The first-order valence-corrected chi connectivity index (χ1v) is 10.9. The maximum Gasteiger partial charge on any atom is 0.237 e. The number of carbonyl (C=O) groups excluding carboxylic acids is 1. The highest BCUT2D eigenvalue weighted by atomic mass is 32.2. The fourth-order valence-corrected chi connectivity index (χ4v) is 4.28. The summed E-state index contributed by atoms with van der Waals surface area (Å²) in [5.41, 5.74) is 1.98. The van der Waals surface area contributed by atoms with Crippen LogP contribution in [0.5, 0.6) is 11.5 Å². The molecule has 0 saturated carbocycles. The molecule has 0 aliphatic rings. The van der Waals surface area contributed by atoms with Crippen molar-refractivity contribution in [3.63, 3.8) is 0 Å². The zero-order valence-corrected chi connectivity index (χ0v) is 18.2.